The van der Waals surface area contributed by atoms with E-state index in [0.717, 1.165) is 17.1 Å². The number of rotatable bonds is 4. The Bertz CT molecular complexity index is 1700. The van der Waals surface area contributed by atoms with E-state index in [0.29, 0.717) is 0 Å². The van der Waals surface area contributed by atoms with E-state index in [2.05, 4.69) is 126 Å². The zero-order valence-electron chi connectivity index (χ0n) is 20.0. The van der Waals surface area contributed by atoms with Crippen molar-refractivity contribution in [2.24, 2.45) is 0 Å². The third-order valence-electron chi connectivity index (χ3n) is 7.25. The third kappa shape index (κ3) is 3.15. The van der Waals surface area contributed by atoms with Gasteiger partial charge in [0.2, 0.25) is 0 Å². The summed E-state index contributed by atoms with van der Waals surface area (Å²) in [6.45, 7) is 2.15. The van der Waals surface area contributed by atoms with E-state index >= 15 is 0 Å². The van der Waals surface area contributed by atoms with E-state index < -0.39 is 0 Å². The van der Waals surface area contributed by atoms with Crippen LogP contribution in [0.3, 0.4) is 0 Å². The highest BCUT2D eigenvalue weighted by Crippen LogP contribution is 2.49. The number of hydrogen-bond acceptors (Lipinski definition) is 2. The molecule has 6 aromatic rings. The van der Waals surface area contributed by atoms with Crippen LogP contribution < -0.4 is 4.90 Å². The molecule has 0 bridgehead atoms. The number of para-hydroxylation sites is 1. The van der Waals surface area contributed by atoms with Crippen LogP contribution in [0.2, 0.25) is 0 Å². The molecule has 7 rings (SSSR count). The van der Waals surface area contributed by atoms with Gasteiger partial charge in [0, 0.05) is 17.6 Å². The molecule has 2 nitrogen and oxygen atoms in total. The van der Waals surface area contributed by atoms with Crippen LogP contribution in [0.15, 0.2) is 128 Å². The first-order chi connectivity index (χ1) is 17.8. The molecule has 0 N–H and O–H groups in total. The van der Waals surface area contributed by atoms with E-state index in [9.17, 15) is 0 Å². The monoisotopic (exact) mass is 460 g/mol. The summed E-state index contributed by atoms with van der Waals surface area (Å²) in [5.41, 5.74) is 12.3. The lowest BCUT2D eigenvalue weighted by atomic mass is 9.94. The van der Waals surface area contributed by atoms with E-state index in [-0.39, 0.29) is 0 Å². The minimum atomic E-state index is 1.04. The topological polar surface area (TPSA) is 16.1 Å². The lowest BCUT2D eigenvalue weighted by Crippen LogP contribution is -2.11. The molecular weight excluding hydrogens is 436 g/mol. The summed E-state index contributed by atoms with van der Waals surface area (Å²) in [6, 6.07) is 41.5. The zero-order chi connectivity index (χ0) is 24.1. The van der Waals surface area contributed by atoms with Gasteiger partial charge in [-0.15, -0.1) is 0 Å². The van der Waals surface area contributed by atoms with Crippen LogP contribution in [0.5, 0.6) is 0 Å². The van der Waals surface area contributed by atoms with Crippen molar-refractivity contribution in [2.45, 2.75) is 6.92 Å². The maximum absolute atomic E-state index is 4.38. The van der Waals surface area contributed by atoms with E-state index in [4.69, 9.17) is 0 Å². The Morgan fingerprint density at radius 3 is 1.97 bits per heavy atom. The van der Waals surface area contributed by atoms with Gasteiger partial charge in [0.1, 0.15) is 0 Å². The number of nitrogens with zero attached hydrogens (tertiary/aromatic N) is 2. The van der Waals surface area contributed by atoms with Crippen molar-refractivity contribution in [1.29, 1.82) is 0 Å². The van der Waals surface area contributed by atoms with Gasteiger partial charge < -0.3 is 4.90 Å². The summed E-state index contributed by atoms with van der Waals surface area (Å²) in [4.78, 5) is 6.66. The Kier molecular flexibility index (Phi) is 4.71. The molecule has 2 heteroatoms. The maximum atomic E-state index is 4.38. The van der Waals surface area contributed by atoms with Crippen LogP contribution in [0.4, 0.5) is 17.1 Å². The molecule has 36 heavy (non-hydrogen) atoms. The SMILES string of the molecule is Cc1ccccc1N(c1ccc(-c2ccc3c4c(cccc24)-c2ccccc2-3)cc1)c1cccnc1. The number of hydrogen-bond donors (Lipinski definition) is 0. The Balaban J connectivity index is 1.35. The predicted molar refractivity (Wildman–Crippen MR) is 151 cm³/mol. The quantitative estimate of drug-likeness (QED) is 0.260. The van der Waals surface area contributed by atoms with Crippen LogP contribution in [0.25, 0.3) is 44.2 Å². The van der Waals surface area contributed by atoms with Crippen LogP contribution in [-0.2, 0) is 0 Å². The van der Waals surface area contributed by atoms with Gasteiger partial charge in [0.25, 0.3) is 0 Å². The molecule has 1 aromatic heterocycles. The van der Waals surface area contributed by atoms with Crippen molar-refractivity contribution in [1.82, 2.24) is 4.98 Å². The van der Waals surface area contributed by atoms with Crippen molar-refractivity contribution >= 4 is 27.8 Å². The standard InChI is InChI=1S/C34H24N2/c1-23-8-2-5-14-33(23)36(26-9-7-21-35-22-26)25-17-15-24(16-18-25)27-19-20-32-29-11-4-3-10-28(29)31-13-6-12-30(27)34(31)32/h2-22H,1H3. The summed E-state index contributed by atoms with van der Waals surface area (Å²) in [5.74, 6) is 0. The molecule has 0 aliphatic heterocycles. The molecule has 0 spiro atoms. The molecular formula is C34H24N2. The fourth-order valence-electron chi connectivity index (χ4n) is 5.58. The Hall–Kier alpha value is -4.69. The van der Waals surface area contributed by atoms with Gasteiger partial charge in [-0.1, -0.05) is 84.9 Å². The molecule has 0 saturated carbocycles. The fraction of sp³-hybridized carbons (Fsp3) is 0.0294. The van der Waals surface area contributed by atoms with Crippen LogP contribution >= 0.6 is 0 Å². The van der Waals surface area contributed by atoms with Gasteiger partial charge >= 0.3 is 0 Å². The van der Waals surface area contributed by atoms with Gasteiger partial charge in [0.15, 0.2) is 0 Å². The number of benzene rings is 5. The molecule has 1 heterocycles. The second-order valence-electron chi connectivity index (χ2n) is 9.31. The molecule has 0 atom stereocenters. The summed E-state index contributed by atoms with van der Waals surface area (Å²) in [7, 11) is 0. The molecule has 170 valence electrons. The van der Waals surface area contributed by atoms with Crippen LogP contribution in [0.1, 0.15) is 5.56 Å². The minimum absolute atomic E-state index is 1.04. The Labute approximate surface area is 211 Å². The van der Waals surface area contributed by atoms with Crippen LogP contribution in [-0.4, -0.2) is 4.98 Å². The van der Waals surface area contributed by atoms with Gasteiger partial charge in [-0.3, -0.25) is 4.98 Å². The molecule has 0 amide bonds. The Morgan fingerprint density at radius 1 is 0.528 bits per heavy atom. The molecule has 0 saturated heterocycles. The largest absolute Gasteiger partial charge is 0.309 e. The molecule has 0 fully saturated rings. The van der Waals surface area contributed by atoms with Gasteiger partial charge in [-0.25, -0.2) is 0 Å². The van der Waals surface area contributed by atoms with Gasteiger partial charge in [-0.05, 0) is 87.0 Å². The normalized spacial score (nSPS) is 11.5. The zero-order valence-corrected chi connectivity index (χ0v) is 20.0. The average molecular weight is 461 g/mol. The number of fused-ring (bicyclic) bond motifs is 3. The number of aryl methyl sites for hydroxylation is 1. The number of pyridine rings is 1. The number of aromatic nitrogens is 1. The highest BCUT2D eigenvalue weighted by Gasteiger charge is 2.22. The highest BCUT2D eigenvalue weighted by atomic mass is 15.1. The van der Waals surface area contributed by atoms with Crippen molar-refractivity contribution in [3.05, 3.63) is 133 Å². The van der Waals surface area contributed by atoms with E-state index in [1.165, 1.54) is 49.7 Å². The summed E-state index contributed by atoms with van der Waals surface area (Å²) in [5, 5.41) is 2.66. The van der Waals surface area contributed by atoms with Crippen molar-refractivity contribution in [3.63, 3.8) is 0 Å². The molecule has 0 radical (unpaired) electrons. The first-order valence-corrected chi connectivity index (χ1v) is 12.3. The lowest BCUT2D eigenvalue weighted by molar-refractivity contribution is 1.21. The lowest BCUT2D eigenvalue weighted by Gasteiger charge is -2.26. The summed E-state index contributed by atoms with van der Waals surface area (Å²) >= 11 is 0. The maximum Gasteiger partial charge on any atom is 0.0645 e. The predicted octanol–water partition coefficient (Wildman–Crippen LogP) is 9.33. The summed E-state index contributed by atoms with van der Waals surface area (Å²) in [6.07, 6.45) is 3.73. The minimum Gasteiger partial charge on any atom is -0.309 e. The van der Waals surface area contributed by atoms with Crippen molar-refractivity contribution in [3.8, 4) is 33.4 Å². The van der Waals surface area contributed by atoms with Gasteiger partial charge in [-0.2, -0.15) is 0 Å². The van der Waals surface area contributed by atoms with Crippen molar-refractivity contribution in [2.75, 3.05) is 4.90 Å². The molecule has 1 aliphatic rings. The van der Waals surface area contributed by atoms with Crippen molar-refractivity contribution < 1.29 is 0 Å². The second-order valence-corrected chi connectivity index (χ2v) is 9.31. The second kappa shape index (κ2) is 8.21. The van der Waals surface area contributed by atoms with E-state index in [1.807, 2.05) is 18.5 Å². The molecule has 1 aliphatic carbocycles. The van der Waals surface area contributed by atoms with E-state index in [1.54, 1.807) is 0 Å². The number of anilines is 3. The summed E-state index contributed by atoms with van der Waals surface area (Å²) < 4.78 is 0. The highest BCUT2D eigenvalue weighted by molar-refractivity contribution is 6.18. The average Bonchev–Trinajstić information content (AvgIpc) is 3.27. The van der Waals surface area contributed by atoms with Crippen LogP contribution in [0, 0.1) is 6.92 Å². The first kappa shape index (κ1) is 20.7. The smallest absolute Gasteiger partial charge is 0.0645 e. The first-order valence-electron chi connectivity index (χ1n) is 12.3. The van der Waals surface area contributed by atoms with Gasteiger partial charge in [0.05, 0.1) is 11.9 Å². The Morgan fingerprint density at radius 2 is 1.22 bits per heavy atom. The fourth-order valence-corrected chi connectivity index (χ4v) is 5.58. The third-order valence-corrected chi connectivity index (χ3v) is 7.25. The molecule has 0 unspecified atom stereocenters. The molecule has 5 aromatic carbocycles.